The van der Waals surface area contributed by atoms with Gasteiger partial charge in [0.1, 0.15) is 18.1 Å². The van der Waals surface area contributed by atoms with E-state index in [4.69, 9.17) is 9.47 Å². The van der Waals surface area contributed by atoms with Crippen LogP contribution in [0.25, 0.3) is 0 Å². The van der Waals surface area contributed by atoms with Crippen molar-refractivity contribution in [1.82, 2.24) is 10.9 Å². The Hall–Kier alpha value is -3.88. The number of hydrogen-bond acceptors (Lipinski definition) is 6. The molecule has 2 N–H and O–H groups in total. The maximum Gasteiger partial charge on any atom is 0.279 e. The van der Waals surface area contributed by atoms with Crippen LogP contribution in [0, 0.1) is 10.1 Å². The lowest BCUT2D eigenvalue weighted by Crippen LogP contribution is -2.47. The van der Waals surface area contributed by atoms with E-state index < -0.39 is 22.8 Å². The third-order valence-corrected chi connectivity index (χ3v) is 3.51. The van der Waals surface area contributed by atoms with Gasteiger partial charge in [-0.25, -0.2) is 0 Å². The Morgan fingerprint density at radius 2 is 1.71 bits per heavy atom. The summed E-state index contributed by atoms with van der Waals surface area (Å²) in [5.74, 6) is -0.218. The van der Waals surface area contributed by atoms with E-state index in [1.807, 2.05) is 0 Å². The molecule has 1 atom stereocenters. The Bertz CT molecular complexity index is 849. The molecule has 2 aromatic carbocycles. The number of benzene rings is 2. The van der Waals surface area contributed by atoms with Gasteiger partial charge in [0.05, 0.1) is 4.92 Å². The fourth-order valence-corrected chi connectivity index (χ4v) is 2.05. The number of nitrogens with one attached hydrogen (secondary N) is 2. The molecule has 0 aliphatic carbocycles. The molecule has 0 saturated heterocycles. The molecule has 0 bridgehead atoms. The minimum atomic E-state index is -0.934. The first-order valence-electron chi connectivity index (χ1n) is 8.25. The number of amides is 2. The minimum Gasteiger partial charge on any atom is -0.490 e. The summed E-state index contributed by atoms with van der Waals surface area (Å²) in [6, 6.07) is 11.7. The smallest absolute Gasteiger partial charge is 0.279 e. The van der Waals surface area contributed by atoms with Gasteiger partial charge in [-0.3, -0.25) is 30.6 Å². The normalized spacial score (nSPS) is 11.0. The molecule has 2 rings (SSSR count). The highest BCUT2D eigenvalue weighted by Gasteiger charge is 2.16. The summed E-state index contributed by atoms with van der Waals surface area (Å²) in [6.07, 6.45) is 0.673. The van der Waals surface area contributed by atoms with Gasteiger partial charge in [-0.2, -0.15) is 0 Å². The van der Waals surface area contributed by atoms with Crippen molar-refractivity contribution in [3.63, 3.8) is 0 Å². The molecule has 9 heteroatoms. The minimum absolute atomic E-state index is 0.0855. The molecule has 0 saturated carbocycles. The lowest BCUT2D eigenvalue weighted by atomic mass is 10.2. The maximum atomic E-state index is 12.1. The van der Waals surface area contributed by atoms with E-state index in [-0.39, 0.29) is 11.4 Å². The average molecular weight is 385 g/mol. The topological polar surface area (TPSA) is 120 Å². The van der Waals surface area contributed by atoms with Gasteiger partial charge in [0.25, 0.3) is 17.5 Å². The number of ether oxygens (including phenoxy) is 2. The molecule has 28 heavy (non-hydrogen) atoms. The lowest BCUT2D eigenvalue weighted by molar-refractivity contribution is -0.384. The van der Waals surface area contributed by atoms with Crippen LogP contribution in [-0.4, -0.2) is 29.4 Å². The molecule has 0 radical (unpaired) electrons. The standard InChI is InChI=1S/C19H19N3O6/c1-3-12-27-16-8-4-14(5-9-16)19(24)21-20-18(23)13(2)28-17-10-6-15(7-11-17)22(25)26/h3-11,13H,1,12H2,2H3,(H,20,23)(H,21,24). The Morgan fingerprint density at radius 3 is 2.29 bits per heavy atom. The Kier molecular flexibility index (Phi) is 7.09. The van der Waals surface area contributed by atoms with Gasteiger partial charge in [-0.15, -0.1) is 0 Å². The van der Waals surface area contributed by atoms with Crippen LogP contribution >= 0.6 is 0 Å². The van der Waals surface area contributed by atoms with E-state index in [0.717, 1.165) is 0 Å². The summed E-state index contributed by atoms with van der Waals surface area (Å²) in [5, 5.41) is 10.6. The third-order valence-electron chi connectivity index (χ3n) is 3.51. The van der Waals surface area contributed by atoms with Crippen molar-refractivity contribution >= 4 is 17.5 Å². The number of hydrogen-bond donors (Lipinski definition) is 2. The van der Waals surface area contributed by atoms with Crippen molar-refractivity contribution < 1.29 is 24.0 Å². The van der Waals surface area contributed by atoms with E-state index in [0.29, 0.717) is 17.9 Å². The van der Waals surface area contributed by atoms with Crippen molar-refractivity contribution in [3.8, 4) is 11.5 Å². The van der Waals surface area contributed by atoms with Gasteiger partial charge in [-0.1, -0.05) is 12.7 Å². The molecule has 0 aromatic heterocycles. The SMILES string of the molecule is C=CCOc1ccc(C(=O)NNC(=O)C(C)Oc2ccc([N+](=O)[O-])cc2)cc1. The van der Waals surface area contributed by atoms with E-state index in [9.17, 15) is 19.7 Å². The van der Waals surface area contributed by atoms with Crippen LogP contribution in [0.5, 0.6) is 11.5 Å². The van der Waals surface area contributed by atoms with Gasteiger partial charge in [0, 0.05) is 17.7 Å². The number of carbonyl (C=O) groups excluding carboxylic acids is 2. The predicted molar refractivity (Wildman–Crippen MR) is 101 cm³/mol. The first-order valence-corrected chi connectivity index (χ1v) is 8.25. The number of nitro groups is 1. The summed E-state index contributed by atoms with van der Waals surface area (Å²) in [4.78, 5) is 34.2. The molecule has 0 spiro atoms. The maximum absolute atomic E-state index is 12.1. The fourth-order valence-electron chi connectivity index (χ4n) is 2.05. The van der Waals surface area contributed by atoms with Crippen molar-refractivity contribution in [2.75, 3.05) is 6.61 Å². The molecular weight excluding hydrogens is 366 g/mol. The number of hydrazine groups is 1. The zero-order valence-corrected chi connectivity index (χ0v) is 15.1. The van der Waals surface area contributed by atoms with Crippen molar-refractivity contribution in [2.24, 2.45) is 0 Å². The van der Waals surface area contributed by atoms with E-state index >= 15 is 0 Å². The zero-order chi connectivity index (χ0) is 20.5. The van der Waals surface area contributed by atoms with E-state index in [2.05, 4.69) is 17.4 Å². The lowest BCUT2D eigenvalue weighted by Gasteiger charge is -2.15. The second-order valence-corrected chi connectivity index (χ2v) is 5.58. The summed E-state index contributed by atoms with van der Waals surface area (Å²) in [5.41, 5.74) is 4.79. The summed E-state index contributed by atoms with van der Waals surface area (Å²) >= 11 is 0. The van der Waals surface area contributed by atoms with Gasteiger partial charge in [0.15, 0.2) is 6.10 Å². The summed E-state index contributed by atoms with van der Waals surface area (Å²) < 4.78 is 10.7. The van der Waals surface area contributed by atoms with Crippen molar-refractivity contribution in [2.45, 2.75) is 13.0 Å². The Balaban J connectivity index is 1.83. The van der Waals surface area contributed by atoms with Gasteiger partial charge in [0.2, 0.25) is 0 Å². The van der Waals surface area contributed by atoms with Crippen molar-refractivity contribution in [1.29, 1.82) is 0 Å². The predicted octanol–water partition coefficient (Wildman–Crippen LogP) is 2.39. The molecule has 2 amide bonds. The van der Waals surface area contributed by atoms with Crippen LogP contribution < -0.4 is 20.3 Å². The van der Waals surface area contributed by atoms with Crippen molar-refractivity contribution in [3.05, 3.63) is 76.9 Å². The third kappa shape index (κ3) is 5.84. The highest BCUT2D eigenvalue weighted by atomic mass is 16.6. The second-order valence-electron chi connectivity index (χ2n) is 5.58. The number of nitrogens with zero attached hydrogens (tertiary/aromatic N) is 1. The Labute approximate surface area is 161 Å². The van der Waals surface area contributed by atoms with Gasteiger partial charge in [-0.05, 0) is 43.3 Å². The van der Waals surface area contributed by atoms with Crippen LogP contribution in [0.4, 0.5) is 5.69 Å². The molecule has 0 aliphatic rings. The van der Waals surface area contributed by atoms with Crippen LogP contribution in [0.3, 0.4) is 0 Å². The fraction of sp³-hybridized carbons (Fsp3) is 0.158. The molecule has 2 aromatic rings. The highest BCUT2D eigenvalue weighted by molar-refractivity contribution is 5.95. The van der Waals surface area contributed by atoms with Gasteiger partial charge < -0.3 is 9.47 Å². The van der Waals surface area contributed by atoms with Crippen LogP contribution in [0.1, 0.15) is 17.3 Å². The van der Waals surface area contributed by atoms with E-state index in [1.165, 1.54) is 31.2 Å². The van der Waals surface area contributed by atoms with Crippen LogP contribution in [-0.2, 0) is 4.79 Å². The van der Waals surface area contributed by atoms with E-state index in [1.54, 1.807) is 30.3 Å². The monoisotopic (exact) mass is 385 g/mol. The number of rotatable bonds is 8. The number of nitro benzene ring substituents is 1. The molecule has 9 nitrogen and oxygen atoms in total. The zero-order valence-electron chi connectivity index (χ0n) is 15.1. The number of carbonyl (C=O) groups is 2. The van der Waals surface area contributed by atoms with Crippen LogP contribution in [0.2, 0.25) is 0 Å². The average Bonchev–Trinajstić information content (AvgIpc) is 2.70. The summed E-state index contributed by atoms with van der Waals surface area (Å²) in [6.45, 7) is 5.38. The first-order chi connectivity index (χ1) is 13.4. The molecular formula is C19H19N3O6. The largest absolute Gasteiger partial charge is 0.490 e. The highest BCUT2D eigenvalue weighted by Crippen LogP contribution is 2.18. The van der Waals surface area contributed by atoms with Crippen LogP contribution in [0.15, 0.2) is 61.2 Å². The molecule has 146 valence electrons. The first kappa shape index (κ1) is 20.4. The molecule has 0 heterocycles. The molecule has 0 aliphatic heterocycles. The van der Waals surface area contributed by atoms with Gasteiger partial charge >= 0.3 is 0 Å². The summed E-state index contributed by atoms with van der Waals surface area (Å²) in [7, 11) is 0. The second kappa shape index (κ2) is 9.72. The molecule has 0 fully saturated rings. The quantitative estimate of drug-likeness (QED) is 0.409. The Morgan fingerprint density at radius 1 is 1.11 bits per heavy atom. The number of non-ortho nitro benzene ring substituents is 1. The molecule has 1 unspecified atom stereocenters.